The monoisotopic (exact) mass is 257 g/mol. The molecule has 0 aliphatic carbocycles. The fraction of sp³-hybridized carbons (Fsp3) is 0.214. The minimum Gasteiger partial charge on any atom is -0.367 e. The van der Waals surface area contributed by atoms with E-state index >= 15 is 0 Å². The van der Waals surface area contributed by atoms with E-state index in [0.29, 0.717) is 6.54 Å². The summed E-state index contributed by atoms with van der Waals surface area (Å²) in [5.74, 6) is -0.188. The second-order valence-corrected chi connectivity index (χ2v) is 3.94. The number of aromatic nitrogens is 2. The first-order chi connectivity index (χ1) is 9.31. The molecule has 0 spiro atoms. The number of hydrogen-bond donors (Lipinski definition) is 1. The van der Waals surface area contributed by atoms with Crippen LogP contribution in [0.25, 0.3) is 0 Å². The molecule has 19 heavy (non-hydrogen) atoms. The molecular weight excluding hydrogens is 242 g/mol. The maximum Gasteiger partial charge on any atom is 0.254 e. The van der Waals surface area contributed by atoms with Crippen molar-refractivity contribution in [1.29, 1.82) is 0 Å². The molecule has 2 rings (SSSR count). The lowest BCUT2D eigenvalue weighted by atomic mass is 10.1. The quantitative estimate of drug-likeness (QED) is 0.881. The summed E-state index contributed by atoms with van der Waals surface area (Å²) in [5.41, 5.74) is 1.58. The van der Waals surface area contributed by atoms with Gasteiger partial charge in [0.15, 0.2) is 6.10 Å². The fourth-order valence-corrected chi connectivity index (χ4v) is 1.72. The first kappa shape index (κ1) is 13.2. The Labute approximate surface area is 111 Å². The average molecular weight is 257 g/mol. The van der Waals surface area contributed by atoms with Crippen molar-refractivity contribution < 1.29 is 9.53 Å². The Morgan fingerprint density at radius 2 is 2.11 bits per heavy atom. The van der Waals surface area contributed by atoms with Crippen LogP contribution in [0.4, 0.5) is 0 Å². The standard InChI is InChI=1S/C14H15N3O2/c1-19-13(11-5-3-2-4-6-11)14(18)16-9-12-7-8-15-10-17-12/h2-8,10,13H,9H2,1H3,(H,16,18)/t13-/m0/s1. The lowest BCUT2D eigenvalue weighted by molar-refractivity contribution is -0.131. The van der Waals surface area contributed by atoms with Crippen LogP contribution < -0.4 is 5.32 Å². The summed E-state index contributed by atoms with van der Waals surface area (Å²) in [6.07, 6.45) is 2.48. The number of nitrogens with zero attached hydrogens (tertiary/aromatic N) is 2. The highest BCUT2D eigenvalue weighted by Crippen LogP contribution is 2.16. The Bertz CT molecular complexity index is 517. The fourth-order valence-electron chi connectivity index (χ4n) is 1.72. The summed E-state index contributed by atoms with van der Waals surface area (Å²) in [6, 6.07) is 11.1. The summed E-state index contributed by atoms with van der Waals surface area (Å²) in [6.45, 7) is 0.355. The van der Waals surface area contributed by atoms with E-state index in [1.165, 1.54) is 13.4 Å². The van der Waals surface area contributed by atoms with Crippen molar-refractivity contribution in [2.24, 2.45) is 0 Å². The van der Waals surface area contributed by atoms with Crippen molar-refractivity contribution in [1.82, 2.24) is 15.3 Å². The molecule has 0 fully saturated rings. The molecular formula is C14H15N3O2. The van der Waals surface area contributed by atoms with Gasteiger partial charge in [0.2, 0.25) is 0 Å². The summed E-state index contributed by atoms with van der Waals surface area (Å²) in [4.78, 5) is 19.9. The van der Waals surface area contributed by atoms with Gasteiger partial charge in [-0.3, -0.25) is 4.79 Å². The van der Waals surface area contributed by atoms with Gasteiger partial charge in [-0.2, -0.15) is 0 Å². The number of amides is 1. The molecule has 1 amide bonds. The largest absolute Gasteiger partial charge is 0.367 e. The number of nitrogens with one attached hydrogen (secondary N) is 1. The summed E-state index contributed by atoms with van der Waals surface area (Å²) < 4.78 is 5.24. The van der Waals surface area contributed by atoms with E-state index in [1.54, 1.807) is 12.3 Å². The van der Waals surface area contributed by atoms with Crippen LogP contribution in [0.3, 0.4) is 0 Å². The zero-order valence-electron chi connectivity index (χ0n) is 10.6. The van der Waals surface area contributed by atoms with Crippen LogP contribution in [-0.2, 0) is 16.1 Å². The van der Waals surface area contributed by atoms with Crippen molar-refractivity contribution in [3.8, 4) is 0 Å². The maximum atomic E-state index is 12.1. The highest BCUT2D eigenvalue weighted by atomic mass is 16.5. The van der Waals surface area contributed by atoms with E-state index in [1.807, 2.05) is 30.3 Å². The van der Waals surface area contributed by atoms with Gasteiger partial charge in [0.1, 0.15) is 6.33 Å². The van der Waals surface area contributed by atoms with Crippen LogP contribution in [0.1, 0.15) is 17.4 Å². The Kier molecular flexibility index (Phi) is 4.58. The van der Waals surface area contributed by atoms with E-state index in [4.69, 9.17) is 4.74 Å². The highest BCUT2D eigenvalue weighted by molar-refractivity contribution is 5.82. The lowest BCUT2D eigenvalue weighted by Crippen LogP contribution is -2.30. The third-order valence-electron chi connectivity index (χ3n) is 2.66. The number of carbonyl (C=O) groups excluding carboxylic acids is 1. The molecule has 0 aliphatic rings. The van der Waals surface area contributed by atoms with Gasteiger partial charge in [0.25, 0.3) is 5.91 Å². The number of hydrogen-bond acceptors (Lipinski definition) is 4. The number of carbonyl (C=O) groups is 1. The molecule has 1 N–H and O–H groups in total. The number of benzene rings is 1. The molecule has 5 heteroatoms. The van der Waals surface area contributed by atoms with Gasteiger partial charge in [0, 0.05) is 13.3 Å². The molecule has 1 heterocycles. The SMILES string of the molecule is CO[C@H](C(=O)NCc1ccncn1)c1ccccc1. The zero-order valence-corrected chi connectivity index (χ0v) is 10.6. The van der Waals surface area contributed by atoms with Gasteiger partial charge in [-0.25, -0.2) is 9.97 Å². The van der Waals surface area contributed by atoms with Gasteiger partial charge in [-0.15, -0.1) is 0 Å². The first-order valence-electron chi connectivity index (χ1n) is 5.91. The number of rotatable bonds is 5. The van der Waals surface area contributed by atoms with E-state index in [-0.39, 0.29) is 5.91 Å². The second-order valence-electron chi connectivity index (χ2n) is 3.94. The minimum atomic E-state index is -0.608. The number of methoxy groups -OCH3 is 1. The van der Waals surface area contributed by atoms with E-state index < -0.39 is 6.10 Å². The van der Waals surface area contributed by atoms with Crippen LogP contribution in [0.5, 0.6) is 0 Å². The molecule has 98 valence electrons. The first-order valence-corrected chi connectivity index (χ1v) is 5.91. The molecule has 0 aliphatic heterocycles. The summed E-state index contributed by atoms with van der Waals surface area (Å²) >= 11 is 0. The Morgan fingerprint density at radius 1 is 1.32 bits per heavy atom. The Morgan fingerprint density at radius 3 is 2.74 bits per heavy atom. The van der Waals surface area contributed by atoms with Gasteiger partial charge in [-0.1, -0.05) is 30.3 Å². The predicted octanol–water partition coefficient (Wildman–Crippen LogP) is 1.48. The van der Waals surface area contributed by atoms with Crippen LogP contribution in [0.15, 0.2) is 48.9 Å². The molecule has 1 aromatic carbocycles. The second kappa shape index (κ2) is 6.61. The number of ether oxygens (including phenoxy) is 1. The van der Waals surface area contributed by atoms with Gasteiger partial charge < -0.3 is 10.1 Å². The molecule has 0 radical (unpaired) electrons. The maximum absolute atomic E-state index is 12.1. The smallest absolute Gasteiger partial charge is 0.254 e. The topological polar surface area (TPSA) is 64.1 Å². The molecule has 1 aromatic heterocycles. The van der Waals surface area contributed by atoms with Gasteiger partial charge >= 0.3 is 0 Å². The van der Waals surface area contributed by atoms with Crippen molar-refractivity contribution in [2.75, 3.05) is 7.11 Å². The third kappa shape index (κ3) is 3.59. The minimum absolute atomic E-state index is 0.188. The summed E-state index contributed by atoms with van der Waals surface area (Å²) in [5, 5.41) is 2.79. The molecule has 2 aromatic rings. The molecule has 0 saturated heterocycles. The molecule has 5 nitrogen and oxygen atoms in total. The van der Waals surface area contributed by atoms with Crippen molar-refractivity contribution in [3.05, 3.63) is 60.2 Å². The van der Waals surface area contributed by atoms with Gasteiger partial charge in [0.05, 0.1) is 12.2 Å². The molecule has 0 bridgehead atoms. The lowest BCUT2D eigenvalue weighted by Gasteiger charge is -2.15. The summed E-state index contributed by atoms with van der Waals surface area (Å²) in [7, 11) is 1.52. The highest BCUT2D eigenvalue weighted by Gasteiger charge is 2.19. The normalized spacial score (nSPS) is 11.8. The van der Waals surface area contributed by atoms with Crippen molar-refractivity contribution >= 4 is 5.91 Å². The molecule has 0 unspecified atom stereocenters. The van der Waals surface area contributed by atoms with E-state index in [0.717, 1.165) is 11.3 Å². The third-order valence-corrected chi connectivity index (χ3v) is 2.66. The zero-order chi connectivity index (χ0) is 13.5. The van der Waals surface area contributed by atoms with E-state index in [2.05, 4.69) is 15.3 Å². The van der Waals surface area contributed by atoms with Crippen molar-refractivity contribution in [3.63, 3.8) is 0 Å². The molecule has 0 saturated carbocycles. The van der Waals surface area contributed by atoms with Crippen LogP contribution in [0.2, 0.25) is 0 Å². The van der Waals surface area contributed by atoms with Crippen molar-refractivity contribution in [2.45, 2.75) is 12.6 Å². The molecule has 1 atom stereocenters. The van der Waals surface area contributed by atoms with Crippen LogP contribution >= 0.6 is 0 Å². The van der Waals surface area contributed by atoms with Crippen LogP contribution in [0, 0.1) is 0 Å². The van der Waals surface area contributed by atoms with Gasteiger partial charge in [-0.05, 0) is 11.6 Å². The average Bonchev–Trinajstić information content (AvgIpc) is 2.48. The Hall–Kier alpha value is -2.27. The van der Waals surface area contributed by atoms with Crippen LogP contribution in [-0.4, -0.2) is 23.0 Å². The Balaban J connectivity index is 1.98. The predicted molar refractivity (Wildman–Crippen MR) is 70.1 cm³/mol. The van der Waals surface area contributed by atoms with E-state index in [9.17, 15) is 4.79 Å².